The second-order valence-electron chi connectivity index (χ2n) is 5.51. The van der Waals surface area contributed by atoms with Crippen molar-refractivity contribution in [1.29, 1.82) is 0 Å². The van der Waals surface area contributed by atoms with Crippen LogP contribution >= 0.6 is 0 Å². The Bertz CT molecular complexity index is 825. The molecule has 2 aromatic carbocycles. The Morgan fingerprint density at radius 1 is 0.808 bits per heavy atom. The van der Waals surface area contributed by atoms with Crippen molar-refractivity contribution in [1.82, 2.24) is 0 Å². The summed E-state index contributed by atoms with van der Waals surface area (Å²) >= 11 is 0. The standard InChI is InChI=1S/C20H23N3O3/c1-3-23(4-2)17-7-5-15(19(25)11-17)13-21-9-10-22-14-16-6-8-18(24)12-20(16)26/h5-14,24-26H,3-4H2,1-2H3/b10-9+,21-13?,22-14?. The van der Waals surface area contributed by atoms with Gasteiger partial charge in [-0.05, 0) is 38.1 Å². The van der Waals surface area contributed by atoms with Gasteiger partial charge in [-0.3, -0.25) is 9.98 Å². The van der Waals surface area contributed by atoms with E-state index in [9.17, 15) is 15.3 Å². The molecule has 2 aromatic rings. The monoisotopic (exact) mass is 353 g/mol. The van der Waals surface area contributed by atoms with Gasteiger partial charge in [-0.2, -0.15) is 0 Å². The second kappa shape index (κ2) is 9.27. The number of aromatic hydroxyl groups is 3. The number of phenolic OH excluding ortho intramolecular Hbond substituents is 3. The molecule has 0 saturated carbocycles. The number of phenols is 3. The Hall–Kier alpha value is -3.28. The Morgan fingerprint density at radius 3 is 1.85 bits per heavy atom. The summed E-state index contributed by atoms with van der Waals surface area (Å²) in [6, 6.07) is 9.76. The number of hydrogen-bond acceptors (Lipinski definition) is 6. The molecule has 0 saturated heterocycles. The summed E-state index contributed by atoms with van der Waals surface area (Å²) in [6.07, 6.45) is 5.94. The molecule has 0 radical (unpaired) electrons. The first-order chi connectivity index (χ1) is 12.5. The van der Waals surface area contributed by atoms with Gasteiger partial charge in [0, 0.05) is 66.9 Å². The van der Waals surface area contributed by atoms with Gasteiger partial charge in [-0.25, -0.2) is 0 Å². The predicted molar refractivity (Wildman–Crippen MR) is 106 cm³/mol. The highest BCUT2D eigenvalue weighted by molar-refractivity contribution is 5.85. The quantitative estimate of drug-likeness (QED) is 0.663. The largest absolute Gasteiger partial charge is 0.508 e. The van der Waals surface area contributed by atoms with Gasteiger partial charge in [0.25, 0.3) is 0 Å². The smallest absolute Gasteiger partial charge is 0.128 e. The van der Waals surface area contributed by atoms with Crippen LogP contribution in [0.15, 0.2) is 58.8 Å². The third-order valence-corrected chi connectivity index (χ3v) is 3.82. The van der Waals surface area contributed by atoms with E-state index >= 15 is 0 Å². The Kier molecular flexibility index (Phi) is 6.79. The van der Waals surface area contributed by atoms with E-state index in [0.717, 1.165) is 18.8 Å². The minimum Gasteiger partial charge on any atom is -0.508 e. The van der Waals surface area contributed by atoms with Crippen LogP contribution in [-0.2, 0) is 0 Å². The molecule has 26 heavy (non-hydrogen) atoms. The Morgan fingerprint density at radius 2 is 1.35 bits per heavy atom. The highest BCUT2D eigenvalue weighted by atomic mass is 16.3. The number of aliphatic imine (C=N–C) groups is 2. The van der Waals surface area contributed by atoms with E-state index in [1.807, 2.05) is 12.1 Å². The lowest BCUT2D eigenvalue weighted by atomic mass is 10.2. The zero-order chi connectivity index (χ0) is 18.9. The minimum absolute atomic E-state index is 0.00777. The molecule has 0 aliphatic rings. The van der Waals surface area contributed by atoms with Gasteiger partial charge in [0.05, 0.1) is 0 Å². The Balaban J connectivity index is 1.99. The molecule has 0 aliphatic heterocycles. The van der Waals surface area contributed by atoms with Crippen molar-refractivity contribution >= 4 is 18.1 Å². The van der Waals surface area contributed by atoms with Crippen LogP contribution in [0.4, 0.5) is 5.69 Å². The predicted octanol–water partition coefficient (Wildman–Crippen LogP) is 3.66. The van der Waals surface area contributed by atoms with E-state index in [4.69, 9.17) is 0 Å². The van der Waals surface area contributed by atoms with Crippen molar-refractivity contribution in [2.24, 2.45) is 9.98 Å². The summed E-state index contributed by atoms with van der Waals surface area (Å²) in [5.41, 5.74) is 2.07. The van der Waals surface area contributed by atoms with E-state index in [1.54, 1.807) is 18.3 Å². The van der Waals surface area contributed by atoms with Crippen molar-refractivity contribution in [3.05, 3.63) is 59.9 Å². The molecule has 0 heterocycles. The number of hydrogen-bond donors (Lipinski definition) is 3. The summed E-state index contributed by atoms with van der Waals surface area (Å²) in [4.78, 5) is 10.3. The second-order valence-corrected chi connectivity index (χ2v) is 5.51. The van der Waals surface area contributed by atoms with E-state index in [0.29, 0.717) is 11.1 Å². The highest BCUT2D eigenvalue weighted by Gasteiger charge is 2.05. The zero-order valence-corrected chi connectivity index (χ0v) is 14.9. The van der Waals surface area contributed by atoms with E-state index < -0.39 is 0 Å². The molecule has 0 unspecified atom stereocenters. The highest BCUT2D eigenvalue weighted by Crippen LogP contribution is 2.23. The van der Waals surface area contributed by atoms with Gasteiger partial charge in [-0.15, -0.1) is 0 Å². The molecular weight excluding hydrogens is 330 g/mol. The summed E-state index contributed by atoms with van der Waals surface area (Å²) in [5, 5.41) is 29.0. The lowest BCUT2D eigenvalue weighted by molar-refractivity contribution is 0.450. The van der Waals surface area contributed by atoms with Crippen LogP contribution in [0.3, 0.4) is 0 Å². The maximum Gasteiger partial charge on any atom is 0.128 e. The van der Waals surface area contributed by atoms with Crippen LogP contribution in [0, 0.1) is 0 Å². The normalized spacial score (nSPS) is 11.8. The lowest BCUT2D eigenvalue weighted by Crippen LogP contribution is -2.21. The SMILES string of the molecule is CCN(CC)c1ccc(C=N/C=C/N=Cc2ccc(O)cc2O)c(O)c1. The van der Waals surface area contributed by atoms with Crippen molar-refractivity contribution in [2.45, 2.75) is 13.8 Å². The molecule has 3 N–H and O–H groups in total. The molecule has 0 aromatic heterocycles. The molecule has 6 heteroatoms. The number of anilines is 1. The summed E-state index contributed by atoms with van der Waals surface area (Å²) in [5.74, 6) is 0.111. The first kappa shape index (κ1) is 19.1. The molecule has 6 nitrogen and oxygen atoms in total. The van der Waals surface area contributed by atoms with Crippen LogP contribution in [0.25, 0.3) is 0 Å². The van der Waals surface area contributed by atoms with Crippen molar-refractivity contribution in [3.8, 4) is 17.2 Å². The van der Waals surface area contributed by atoms with Crippen LogP contribution in [-0.4, -0.2) is 40.8 Å². The maximum atomic E-state index is 10.1. The molecule has 0 fully saturated rings. The fourth-order valence-electron chi connectivity index (χ4n) is 2.39. The van der Waals surface area contributed by atoms with E-state index in [1.165, 1.54) is 30.7 Å². The fraction of sp³-hybridized carbons (Fsp3) is 0.200. The maximum absolute atomic E-state index is 10.1. The summed E-state index contributed by atoms with van der Waals surface area (Å²) in [6.45, 7) is 5.89. The molecule has 0 atom stereocenters. The van der Waals surface area contributed by atoms with E-state index in [2.05, 4.69) is 28.7 Å². The van der Waals surface area contributed by atoms with Crippen molar-refractivity contribution in [3.63, 3.8) is 0 Å². The van der Waals surface area contributed by atoms with Gasteiger partial charge >= 0.3 is 0 Å². The molecular formula is C20H23N3O3. The average Bonchev–Trinajstić information content (AvgIpc) is 2.62. The van der Waals surface area contributed by atoms with Crippen molar-refractivity contribution < 1.29 is 15.3 Å². The van der Waals surface area contributed by atoms with Gasteiger partial charge in [0.2, 0.25) is 0 Å². The Labute approximate surface area is 153 Å². The zero-order valence-electron chi connectivity index (χ0n) is 14.9. The summed E-state index contributed by atoms with van der Waals surface area (Å²) in [7, 11) is 0. The molecule has 0 bridgehead atoms. The number of benzene rings is 2. The molecule has 136 valence electrons. The van der Waals surface area contributed by atoms with Crippen molar-refractivity contribution in [2.75, 3.05) is 18.0 Å². The molecule has 2 rings (SSSR count). The molecule has 0 spiro atoms. The van der Waals surface area contributed by atoms with Crippen LogP contribution in [0.5, 0.6) is 17.2 Å². The topological polar surface area (TPSA) is 88.7 Å². The average molecular weight is 353 g/mol. The molecule has 0 aliphatic carbocycles. The van der Waals surface area contributed by atoms with Gasteiger partial charge in [0.1, 0.15) is 17.2 Å². The van der Waals surface area contributed by atoms with Gasteiger partial charge < -0.3 is 20.2 Å². The first-order valence-electron chi connectivity index (χ1n) is 8.36. The van der Waals surface area contributed by atoms with E-state index in [-0.39, 0.29) is 17.2 Å². The van der Waals surface area contributed by atoms with Gasteiger partial charge in [-0.1, -0.05) is 0 Å². The third kappa shape index (κ3) is 5.11. The summed E-state index contributed by atoms with van der Waals surface area (Å²) < 4.78 is 0. The number of nitrogens with zero attached hydrogens (tertiary/aromatic N) is 3. The van der Waals surface area contributed by atoms with Gasteiger partial charge in [0.15, 0.2) is 0 Å². The lowest BCUT2D eigenvalue weighted by Gasteiger charge is -2.21. The van der Waals surface area contributed by atoms with Crippen LogP contribution in [0.1, 0.15) is 25.0 Å². The fourth-order valence-corrected chi connectivity index (χ4v) is 2.39. The van der Waals surface area contributed by atoms with Crippen LogP contribution in [0.2, 0.25) is 0 Å². The first-order valence-corrected chi connectivity index (χ1v) is 8.36. The van der Waals surface area contributed by atoms with Crippen LogP contribution < -0.4 is 4.90 Å². The molecule has 0 amide bonds. The number of rotatable bonds is 7. The minimum atomic E-state index is -0.0520. The third-order valence-electron chi connectivity index (χ3n) is 3.82.